The van der Waals surface area contributed by atoms with Crippen molar-refractivity contribution in [1.82, 2.24) is 4.90 Å². The van der Waals surface area contributed by atoms with Crippen LogP contribution in [0, 0.1) is 5.92 Å². The lowest BCUT2D eigenvalue weighted by Crippen LogP contribution is -2.39. The third kappa shape index (κ3) is 2.82. The average molecular weight is 249 g/mol. The lowest BCUT2D eigenvalue weighted by Gasteiger charge is -2.34. The molecule has 0 bridgehead atoms. The van der Waals surface area contributed by atoms with Crippen LogP contribution < -0.4 is 0 Å². The molecule has 0 radical (unpaired) electrons. The lowest BCUT2D eigenvalue weighted by atomic mass is 9.96. The predicted molar refractivity (Wildman–Crippen MR) is 68.5 cm³/mol. The highest BCUT2D eigenvalue weighted by molar-refractivity contribution is 5.75. The van der Waals surface area contributed by atoms with E-state index in [1.807, 2.05) is 4.90 Å². The number of aliphatic carboxylic acids is 1. The zero-order chi connectivity index (χ0) is 13.1. The molecule has 1 saturated heterocycles. The minimum absolute atomic E-state index is 0.115. The zero-order valence-electron chi connectivity index (χ0n) is 10.5. The van der Waals surface area contributed by atoms with E-state index in [-0.39, 0.29) is 5.75 Å². The third-order valence-corrected chi connectivity index (χ3v) is 3.60. The molecule has 1 aliphatic heterocycles. The van der Waals surface area contributed by atoms with Crippen molar-refractivity contribution in [3.8, 4) is 5.75 Å². The first kappa shape index (κ1) is 12.9. The van der Waals surface area contributed by atoms with Gasteiger partial charge in [-0.2, -0.15) is 0 Å². The second-order valence-corrected chi connectivity index (χ2v) is 5.05. The van der Waals surface area contributed by atoms with Gasteiger partial charge in [0, 0.05) is 0 Å². The minimum atomic E-state index is -0.852. The Bertz CT molecular complexity index is 425. The number of piperidine rings is 1. The second kappa shape index (κ2) is 5.40. The van der Waals surface area contributed by atoms with Gasteiger partial charge in [-0.1, -0.05) is 19.1 Å². The van der Waals surface area contributed by atoms with Crippen LogP contribution in [-0.4, -0.2) is 34.2 Å². The molecule has 2 rings (SSSR count). The summed E-state index contributed by atoms with van der Waals surface area (Å²) in [4.78, 5) is 13.5. The molecule has 0 aliphatic carbocycles. The van der Waals surface area contributed by atoms with E-state index in [9.17, 15) is 15.0 Å². The number of carbonyl (C=O) groups is 1. The van der Waals surface area contributed by atoms with E-state index in [1.165, 1.54) is 6.07 Å². The third-order valence-electron chi connectivity index (χ3n) is 3.60. The maximum absolute atomic E-state index is 11.5. The summed E-state index contributed by atoms with van der Waals surface area (Å²) in [5.41, 5.74) is 0.650. The van der Waals surface area contributed by atoms with Crippen LogP contribution in [0.2, 0.25) is 0 Å². The van der Waals surface area contributed by atoms with Crippen LogP contribution in [0.3, 0.4) is 0 Å². The van der Waals surface area contributed by atoms with Crippen LogP contribution in [0.25, 0.3) is 0 Å². The first-order valence-corrected chi connectivity index (χ1v) is 6.33. The standard InChI is InChI=1S/C14H19NO3/c1-10-5-7-15(8-6-10)13(14(17)18)11-3-2-4-12(16)9-11/h2-4,9-10,13,16H,5-8H2,1H3,(H,17,18). The number of nitrogens with zero attached hydrogens (tertiary/aromatic N) is 1. The number of benzene rings is 1. The summed E-state index contributed by atoms with van der Waals surface area (Å²) in [6, 6.07) is 5.89. The van der Waals surface area contributed by atoms with Crippen LogP contribution in [-0.2, 0) is 4.79 Å². The van der Waals surface area contributed by atoms with Gasteiger partial charge in [0.25, 0.3) is 0 Å². The Morgan fingerprint density at radius 1 is 1.39 bits per heavy atom. The fourth-order valence-electron chi connectivity index (χ4n) is 2.49. The molecule has 4 nitrogen and oxygen atoms in total. The summed E-state index contributed by atoms with van der Waals surface area (Å²) < 4.78 is 0. The zero-order valence-corrected chi connectivity index (χ0v) is 10.5. The average Bonchev–Trinajstić information content (AvgIpc) is 2.32. The largest absolute Gasteiger partial charge is 0.508 e. The number of likely N-dealkylation sites (tertiary alicyclic amines) is 1. The Kier molecular flexibility index (Phi) is 3.87. The van der Waals surface area contributed by atoms with Gasteiger partial charge < -0.3 is 10.2 Å². The van der Waals surface area contributed by atoms with Crippen molar-refractivity contribution in [1.29, 1.82) is 0 Å². The number of hydrogen-bond donors (Lipinski definition) is 2. The minimum Gasteiger partial charge on any atom is -0.508 e. The number of phenols is 1. The molecule has 2 N–H and O–H groups in total. The van der Waals surface area contributed by atoms with Gasteiger partial charge in [0.2, 0.25) is 0 Å². The molecule has 1 heterocycles. The normalized spacial score (nSPS) is 19.6. The van der Waals surface area contributed by atoms with Gasteiger partial charge in [-0.25, -0.2) is 0 Å². The monoisotopic (exact) mass is 249 g/mol. The lowest BCUT2D eigenvalue weighted by molar-refractivity contribution is -0.144. The van der Waals surface area contributed by atoms with Gasteiger partial charge in [-0.15, -0.1) is 0 Å². The quantitative estimate of drug-likeness (QED) is 0.862. The van der Waals surface area contributed by atoms with Gasteiger partial charge in [0.05, 0.1) is 0 Å². The summed E-state index contributed by atoms with van der Waals surface area (Å²) in [5.74, 6) is -0.0702. The maximum Gasteiger partial charge on any atom is 0.325 e. The van der Waals surface area contributed by atoms with E-state index < -0.39 is 12.0 Å². The van der Waals surface area contributed by atoms with Crippen molar-refractivity contribution in [2.75, 3.05) is 13.1 Å². The molecule has 1 aliphatic rings. The summed E-state index contributed by atoms with van der Waals surface area (Å²) in [6.07, 6.45) is 2.06. The van der Waals surface area contributed by atoms with Gasteiger partial charge >= 0.3 is 5.97 Å². The fraction of sp³-hybridized carbons (Fsp3) is 0.500. The van der Waals surface area contributed by atoms with Gasteiger partial charge in [0.15, 0.2) is 0 Å². The molecule has 0 amide bonds. The molecular weight excluding hydrogens is 230 g/mol. The Labute approximate surface area is 107 Å². The van der Waals surface area contributed by atoms with Crippen LogP contribution in [0.5, 0.6) is 5.75 Å². The van der Waals surface area contributed by atoms with Gasteiger partial charge in [-0.05, 0) is 49.5 Å². The molecule has 0 aromatic heterocycles. The number of hydrogen-bond acceptors (Lipinski definition) is 3. The molecular formula is C14H19NO3. The van der Waals surface area contributed by atoms with Crippen molar-refractivity contribution < 1.29 is 15.0 Å². The summed E-state index contributed by atoms with van der Waals surface area (Å²) >= 11 is 0. The van der Waals surface area contributed by atoms with Crippen molar-refractivity contribution in [3.05, 3.63) is 29.8 Å². The molecule has 1 aromatic rings. The van der Waals surface area contributed by atoms with E-state index in [0.29, 0.717) is 11.5 Å². The Balaban J connectivity index is 2.21. The topological polar surface area (TPSA) is 60.8 Å². The van der Waals surface area contributed by atoms with Gasteiger partial charge in [-0.3, -0.25) is 9.69 Å². The number of carboxylic acid groups (broad SMARTS) is 1. The summed E-state index contributed by atoms with van der Waals surface area (Å²) in [7, 11) is 0. The fourth-order valence-corrected chi connectivity index (χ4v) is 2.49. The molecule has 1 fully saturated rings. The van der Waals surface area contributed by atoms with Crippen LogP contribution >= 0.6 is 0 Å². The first-order chi connectivity index (χ1) is 8.58. The van der Waals surface area contributed by atoms with Crippen LogP contribution in [0.4, 0.5) is 0 Å². The predicted octanol–water partition coefficient (Wildman–Crippen LogP) is 2.25. The molecule has 1 atom stereocenters. The van der Waals surface area contributed by atoms with E-state index in [1.54, 1.807) is 18.2 Å². The number of carboxylic acids is 1. The maximum atomic E-state index is 11.5. The number of phenolic OH excluding ortho intramolecular Hbond substituents is 1. The molecule has 4 heteroatoms. The second-order valence-electron chi connectivity index (χ2n) is 5.05. The molecule has 18 heavy (non-hydrogen) atoms. The van der Waals surface area contributed by atoms with E-state index in [2.05, 4.69) is 6.92 Å². The Morgan fingerprint density at radius 2 is 2.06 bits per heavy atom. The van der Waals surface area contributed by atoms with E-state index in [4.69, 9.17) is 0 Å². The Morgan fingerprint density at radius 3 is 2.61 bits per heavy atom. The van der Waals surface area contributed by atoms with Crippen molar-refractivity contribution in [2.45, 2.75) is 25.8 Å². The molecule has 0 spiro atoms. The van der Waals surface area contributed by atoms with E-state index in [0.717, 1.165) is 25.9 Å². The smallest absolute Gasteiger partial charge is 0.325 e. The molecule has 98 valence electrons. The van der Waals surface area contributed by atoms with Gasteiger partial charge in [0.1, 0.15) is 11.8 Å². The summed E-state index contributed by atoms with van der Waals surface area (Å²) in [6.45, 7) is 3.79. The van der Waals surface area contributed by atoms with Crippen molar-refractivity contribution in [3.63, 3.8) is 0 Å². The highest BCUT2D eigenvalue weighted by atomic mass is 16.4. The van der Waals surface area contributed by atoms with Crippen LogP contribution in [0.1, 0.15) is 31.4 Å². The molecule has 1 aromatic carbocycles. The highest BCUT2D eigenvalue weighted by Crippen LogP contribution is 2.28. The van der Waals surface area contributed by atoms with Crippen LogP contribution in [0.15, 0.2) is 24.3 Å². The highest BCUT2D eigenvalue weighted by Gasteiger charge is 2.29. The number of aromatic hydroxyl groups is 1. The van der Waals surface area contributed by atoms with Crippen molar-refractivity contribution >= 4 is 5.97 Å². The molecule has 0 saturated carbocycles. The first-order valence-electron chi connectivity index (χ1n) is 6.33. The SMILES string of the molecule is CC1CCN(C(C(=O)O)c2cccc(O)c2)CC1. The summed E-state index contributed by atoms with van der Waals surface area (Å²) in [5, 5.41) is 18.9. The van der Waals surface area contributed by atoms with E-state index >= 15 is 0 Å². The number of rotatable bonds is 3. The Hall–Kier alpha value is -1.55. The van der Waals surface area contributed by atoms with Crippen molar-refractivity contribution in [2.24, 2.45) is 5.92 Å². The molecule has 1 unspecified atom stereocenters.